The highest BCUT2D eigenvalue weighted by Crippen LogP contribution is 2.38. The molecule has 1 heterocycles. The summed E-state index contributed by atoms with van der Waals surface area (Å²) in [6, 6.07) is 10.9. The van der Waals surface area contributed by atoms with Crippen LogP contribution in [0.15, 0.2) is 47.4 Å². The van der Waals surface area contributed by atoms with Crippen molar-refractivity contribution in [1.82, 2.24) is 4.98 Å². The number of halogens is 2. The highest BCUT2D eigenvalue weighted by Gasteiger charge is 2.31. The standard InChI is InChI=1S/C23H20ClFN2O4S2/c1-2-33(30,31)15-8-7-13(18(25)12-15)11-21(29)27-23-26-19-9-14(10-20(28)22(19)32-23)16-5-3-4-6-17(16)24/h3-8,12,14H,2,9-11H2,1H3,(H,26,27,29). The number of aromatic nitrogens is 1. The molecule has 1 aliphatic carbocycles. The van der Waals surface area contributed by atoms with Gasteiger partial charge in [-0.25, -0.2) is 17.8 Å². The lowest BCUT2D eigenvalue weighted by atomic mass is 9.84. The first-order chi connectivity index (χ1) is 15.7. The molecular weight excluding hydrogens is 487 g/mol. The number of Topliss-reactive ketones (excluding diaryl/α,β-unsaturated/α-hetero) is 1. The van der Waals surface area contributed by atoms with Crippen molar-refractivity contribution in [3.63, 3.8) is 0 Å². The number of rotatable bonds is 6. The Morgan fingerprint density at radius 1 is 1.24 bits per heavy atom. The third-order valence-electron chi connectivity index (χ3n) is 5.53. The predicted molar refractivity (Wildman–Crippen MR) is 125 cm³/mol. The number of benzene rings is 2. The van der Waals surface area contributed by atoms with Crippen LogP contribution in [-0.2, 0) is 27.5 Å². The van der Waals surface area contributed by atoms with Crippen molar-refractivity contribution in [3.8, 4) is 0 Å². The van der Waals surface area contributed by atoms with Crippen LogP contribution in [0, 0.1) is 5.82 Å². The van der Waals surface area contributed by atoms with Crippen LogP contribution in [0.1, 0.15) is 45.8 Å². The van der Waals surface area contributed by atoms with Gasteiger partial charge in [0, 0.05) is 11.4 Å². The number of thiazole rings is 1. The van der Waals surface area contributed by atoms with Gasteiger partial charge in [-0.05, 0) is 41.7 Å². The van der Waals surface area contributed by atoms with E-state index in [0.29, 0.717) is 28.4 Å². The summed E-state index contributed by atoms with van der Waals surface area (Å²) in [5.41, 5.74) is 1.57. The number of ketones is 1. The maximum Gasteiger partial charge on any atom is 0.230 e. The van der Waals surface area contributed by atoms with E-state index in [4.69, 9.17) is 11.6 Å². The van der Waals surface area contributed by atoms with E-state index in [0.717, 1.165) is 23.0 Å². The number of carbonyl (C=O) groups is 2. The van der Waals surface area contributed by atoms with Crippen LogP contribution in [0.3, 0.4) is 0 Å². The van der Waals surface area contributed by atoms with Gasteiger partial charge in [0.1, 0.15) is 5.82 Å². The first-order valence-electron chi connectivity index (χ1n) is 10.3. The fraction of sp³-hybridized carbons (Fsp3) is 0.261. The Balaban J connectivity index is 1.47. The number of hydrogen-bond donors (Lipinski definition) is 1. The molecule has 0 aliphatic heterocycles. The summed E-state index contributed by atoms with van der Waals surface area (Å²) in [7, 11) is -3.54. The minimum atomic E-state index is -3.54. The first kappa shape index (κ1) is 23.5. The molecule has 2 aromatic carbocycles. The largest absolute Gasteiger partial charge is 0.302 e. The van der Waals surface area contributed by atoms with Crippen molar-refractivity contribution in [2.75, 3.05) is 11.1 Å². The topological polar surface area (TPSA) is 93.2 Å². The van der Waals surface area contributed by atoms with Gasteiger partial charge in [0.15, 0.2) is 20.8 Å². The number of nitrogens with zero attached hydrogens (tertiary/aromatic N) is 1. The van der Waals surface area contributed by atoms with Gasteiger partial charge in [0.2, 0.25) is 5.91 Å². The van der Waals surface area contributed by atoms with Crippen LogP contribution in [0.4, 0.5) is 9.52 Å². The molecule has 4 rings (SSSR count). The summed E-state index contributed by atoms with van der Waals surface area (Å²) in [5, 5.41) is 3.49. The summed E-state index contributed by atoms with van der Waals surface area (Å²) >= 11 is 7.39. The third-order valence-corrected chi connectivity index (χ3v) is 8.66. The SMILES string of the molecule is CCS(=O)(=O)c1ccc(CC(=O)Nc2nc3c(s2)C(=O)CC(c2ccccc2Cl)C3)c(F)c1. The number of carbonyl (C=O) groups excluding carboxylic acids is 2. The summed E-state index contributed by atoms with van der Waals surface area (Å²) < 4.78 is 38.2. The van der Waals surface area contributed by atoms with Crippen LogP contribution in [0.5, 0.6) is 0 Å². The molecule has 0 bridgehead atoms. The van der Waals surface area contributed by atoms with Crippen LogP contribution in [0.2, 0.25) is 5.02 Å². The average Bonchev–Trinajstić information content (AvgIpc) is 3.18. The number of sulfone groups is 1. The third kappa shape index (κ3) is 5.00. The Morgan fingerprint density at radius 2 is 2.00 bits per heavy atom. The van der Waals surface area contributed by atoms with Gasteiger partial charge in [-0.2, -0.15) is 0 Å². The summed E-state index contributed by atoms with van der Waals surface area (Å²) in [6.45, 7) is 1.48. The molecule has 172 valence electrons. The molecule has 1 amide bonds. The zero-order valence-electron chi connectivity index (χ0n) is 17.6. The van der Waals surface area contributed by atoms with Gasteiger partial charge in [-0.15, -0.1) is 0 Å². The quantitative estimate of drug-likeness (QED) is 0.517. The zero-order chi connectivity index (χ0) is 23.8. The van der Waals surface area contributed by atoms with E-state index in [2.05, 4.69) is 10.3 Å². The fourth-order valence-electron chi connectivity index (χ4n) is 3.78. The number of nitrogens with one attached hydrogen (secondary N) is 1. The maximum atomic E-state index is 14.4. The molecular formula is C23H20ClFN2O4S2. The maximum absolute atomic E-state index is 14.4. The molecule has 10 heteroatoms. The molecule has 1 aromatic heterocycles. The Bertz CT molecular complexity index is 1350. The molecule has 6 nitrogen and oxygen atoms in total. The van der Waals surface area contributed by atoms with E-state index < -0.39 is 21.6 Å². The van der Waals surface area contributed by atoms with Gasteiger partial charge in [0.05, 0.1) is 27.6 Å². The number of hydrogen-bond acceptors (Lipinski definition) is 6. The number of fused-ring (bicyclic) bond motifs is 1. The highest BCUT2D eigenvalue weighted by molar-refractivity contribution is 7.91. The lowest BCUT2D eigenvalue weighted by Gasteiger charge is -2.21. The Hall–Kier alpha value is -2.62. The van der Waals surface area contributed by atoms with Gasteiger partial charge in [-0.1, -0.05) is 54.1 Å². The van der Waals surface area contributed by atoms with Gasteiger partial charge in [-0.3, -0.25) is 9.59 Å². The monoisotopic (exact) mass is 506 g/mol. The molecule has 0 spiro atoms. The second kappa shape index (κ2) is 9.32. The van der Waals surface area contributed by atoms with Crippen LogP contribution < -0.4 is 5.32 Å². The van der Waals surface area contributed by atoms with E-state index in [-0.39, 0.29) is 39.5 Å². The van der Waals surface area contributed by atoms with Gasteiger partial charge >= 0.3 is 0 Å². The van der Waals surface area contributed by atoms with Crippen LogP contribution in [-0.4, -0.2) is 30.8 Å². The van der Waals surface area contributed by atoms with E-state index in [1.807, 2.05) is 18.2 Å². The Labute approximate surface area is 199 Å². The molecule has 0 radical (unpaired) electrons. The van der Waals surface area contributed by atoms with Crippen molar-refractivity contribution in [1.29, 1.82) is 0 Å². The second-order valence-corrected chi connectivity index (χ2v) is 11.4. The zero-order valence-corrected chi connectivity index (χ0v) is 20.0. The predicted octanol–water partition coefficient (Wildman–Crippen LogP) is 4.82. The normalized spacial score (nSPS) is 15.8. The molecule has 0 saturated carbocycles. The summed E-state index contributed by atoms with van der Waals surface area (Å²) in [6.07, 6.45) is 0.544. The van der Waals surface area contributed by atoms with Crippen molar-refractivity contribution in [2.45, 2.75) is 37.0 Å². The van der Waals surface area contributed by atoms with Gasteiger partial charge < -0.3 is 5.32 Å². The minimum absolute atomic E-state index is 0.0575. The van der Waals surface area contributed by atoms with Crippen molar-refractivity contribution in [3.05, 3.63) is 75.0 Å². The summed E-state index contributed by atoms with van der Waals surface area (Å²) in [4.78, 5) is 29.9. The molecule has 1 unspecified atom stereocenters. The molecule has 3 aromatic rings. The second-order valence-electron chi connectivity index (χ2n) is 7.73. The van der Waals surface area contributed by atoms with Crippen LogP contribution >= 0.6 is 22.9 Å². The number of anilines is 1. The Morgan fingerprint density at radius 3 is 2.70 bits per heavy atom. The lowest BCUT2D eigenvalue weighted by molar-refractivity contribution is -0.115. The average molecular weight is 507 g/mol. The smallest absolute Gasteiger partial charge is 0.230 e. The van der Waals surface area contributed by atoms with E-state index in [1.165, 1.54) is 19.1 Å². The van der Waals surface area contributed by atoms with Crippen molar-refractivity contribution < 1.29 is 22.4 Å². The molecule has 33 heavy (non-hydrogen) atoms. The van der Waals surface area contributed by atoms with Crippen LogP contribution in [0.25, 0.3) is 0 Å². The fourth-order valence-corrected chi connectivity index (χ4v) is 5.92. The van der Waals surface area contributed by atoms with E-state index in [1.54, 1.807) is 6.07 Å². The number of amides is 1. The van der Waals surface area contributed by atoms with Crippen molar-refractivity contribution >= 4 is 49.6 Å². The van der Waals surface area contributed by atoms with E-state index >= 15 is 0 Å². The molecule has 0 saturated heterocycles. The molecule has 0 fully saturated rings. The summed E-state index contributed by atoms with van der Waals surface area (Å²) in [5.74, 6) is -1.57. The Kier molecular flexibility index (Phi) is 6.65. The minimum Gasteiger partial charge on any atom is -0.302 e. The molecule has 1 aliphatic rings. The highest BCUT2D eigenvalue weighted by atomic mass is 35.5. The van der Waals surface area contributed by atoms with Gasteiger partial charge in [0.25, 0.3) is 0 Å². The molecule has 1 N–H and O–H groups in total. The van der Waals surface area contributed by atoms with Crippen molar-refractivity contribution in [2.24, 2.45) is 0 Å². The molecule has 1 atom stereocenters. The first-order valence-corrected chi connectivity index (χ1v) is 13.1. The lowest BCUT2D eigenvalue weighted by Crippen LogP contribution is -2.18. The van der Waals surface area contributed by atoms with E-state index in [9.17, 15) is 22.4 Å².